The summed E-state index contributed by atoms with van der Waals surface area (Å²) in [5, 5.41) is 2.65. The average molecular weight is 391 g/mol. The van der Waals surface area contributed by atoms with Crippen molar-refractivity contribution in [2.24, 2.45) is 7.05 Å². The molecule has 1 amide bonds. The predicted molar refractivity (Wildman–Crippen MR) is 99.1 cm³/mol. The lowest BCUT2D eigenvalue weighted by atomic mass is 10.1. The second-order valence-electron chi connectivity index (χ2n) is 6.27. The Bertz CT molecular complexity index is 975. The van der Waals surface area contributed by atoms with Crippen LogP contribution in [0, 0.1) is 0 Å². The second kappa shape index (κ2) is 7.53. The average Bonchev–Trinajstić information content (AvgIpc) is 3.32. The summed E-state index contributed by atoms with van der Waals surface area (Å²) in [5.74, 6) is -1.09. The summed E-state index contributed by atoms with van der Waals surface area (Å²) in [6.45, 7) is 0.983. The molecule has 0 radical (unpaired) electrons. The van der Waals surface area contributed by atoms with Gasteiger partial charge in [0.05, 0.1) is 18.4 Å². The van der Waals surface area contributed by atoms with Gasteiger partial charge in [0, 0.05) is 26.3 Å². The molecule has 0 atom stereocenters. The molecule has 1 aliphatic heterocycles. The van der Waals surface area contributed by atoms with Gasteiger partial charge in [0.2, 0.25) is 10.0 Å². The van der Waals surface area contributed by atoms with Crippen LogP contribution in [-0.2, 0) is 21.8 Å². The molecule has 1 fully saturated rings. The molecular formula is C18H21N3O5S. The van der Waals surface area contributed by atoms with Gasteiger partial charge in [0.1, 0.15) is 10.6 Å². The second-order valence-corrected chi connectivity index (χ2v) is 8.21. The standard InChI is InChI=1S/C18H21N3O5S/c1-20-12-13(27(24,25)21-9-5-6-10-21)11-16(20)17(22)19-15-8-4-3-7-14(15)18(23)26-2/h3-4,7-8,11-12H,5-6,9-10H2,1-2H3,(H,19,22). The van der Waals surface area contributed by atoms with Crippen LogP contribution in [0.15, 0.2) is 41.4 Å². The van der Waals surface area contributed by atoms with E-state index in [-0.39, 0.29) is 16.2 Å². The molecule has 1 aromatic carbocycles. The van der Waals surface area contributed by atoms with Gasteiger partial charge in [-0.05, 0) is 31.0 Å². The van der Waals surface area contributed by atoms with Gasteiger partial charge in [-0.2, -0.15) is 4.31 Å². The van der Waals surface area contributed by atoms with Crippen LogP contribution in [0.25, 0.3) is 0 Å². The SMILES string of the molecule is COC(=O)c1ccccc1NC(=O)c1cc(S(=O)(=O)N2CCCC2)cn1C. The Balaban J connectivity index is 1.87. The largest absolute Gasteiger partial charge is 0.465 e. The number of para-hydroxylation sites is 1. The van der Waals surface area contributed by atoms with E-state index in [1.165, 1.54) is 34.3 Å². The first kappa shape index (κ1) is 19.1. The highest BCUT2D eigenvalue weighted by Gasteiger charge is 2.29. The van der Waals surface area contributed by atoms with Crippen molar-refractivity contribution in [2.75, 3.05) is 25.5 Å². The van der Waals surface area contributed by atoms with E-state index >= 15 is 0 Å². The molecule has 2 aromatic rings. The van der Waals surface area contributed by atoms with Gasteiger partial charge in [-0.3, -0.25) is 4.79 Å². The monoisotopic (exact) mass is 391 g/mol. The molecule has 1 aliphatic rings. The minimum Gasteiger partial charge on any atom is -0.465 e. The fraction of sp³-hybridized carbons (Fsp3) is 0.333. The number of hydrogen-bond acceptors (Lipinski definition) is 5. The Morgan fingerprint density at radius 1 is 1.15 bits per heavy atom. The molecule has 0 aliphatic carbocycles. The van der Waals surface area contributed by atoms with Crippen LogP contribution in [0.3, 0.4) is 0 Å². The maximum Gasteiger partial charge on any atom is 0.339 e. The molecule has 2 heterocycles. The van der Waals surface area contributed by atoms with E-state index in [1.807, 2.05) is 0 Å². The van der Waals surface area contributed by atoms with E-state index in [0.29, 0.717) is 18.8 Å². The third-order valence-corrected chi connectivity index (χ3v) is 6.36. The molecule has 0 unspecified atom stereocenters. The molecule has 1 saturated heterocycles. The first-order valence-corrected chi connectivity index (χ1v) is 9.94. The van der Waals surface area contributed by atoms with Crippen LogP contribution < -0.4 is 5.32 Å². The van der Waals surface area contributed by atoms with Gasteiger partial charge in [-0.15, -0.1) is 0 Å². The zero-order valence-electron chi connectivity index (χ0n) is 15.1. The lowest BCUT2D eigenvalue weighted by Crippen LogP contribution is -2.27. The lowest BCUT2D eigenvalue weighted by molar-refractivity contribution is 0.0602. The molecular weight excluding hydrogens is 370 g/mol. The zero-order valence-corrected chi connectivity index (χ0v) is 16.0. The maximum atomic E-state index is 12.7. The van der Waals surface area contributed by atoms with Crippen LogP contribution in [0.4, 0.5) is 5.69 Å². The highest BCUT2D eigenvalue weighted by atomic mass is 32.2. The number of ether oxygens (including phenoxy) is 1. The normalized spacial score (nSPS) is 14.9. The molecule has 144 valence electrons. The third-order valence-electron chi connectivity index (χ3n) is 4.50. The fourth-order valence-corrected chi connectivity index (χ4v) is 4.63. The molecule has 0 bridgehead atoms. The van der Waals surface area contributed by atoms with Crippen molar-refractivity contribution >= 4 is 27.6 Å². The Morgan fingerprint density at radius 3 is 2.48 bits per heavy atom. The highest BCUT2D eigenvalue weighted by molar-refractivity contribution is 7.89. The molecule has 1 aromatic heterocycles. The number of aryl methyl sites for hydroxylation is 1. The Labute approximate surface area is 157 Å². The molecule has 8 nitrogen and oxygen atoms in total. The van der Waals surface area contributed by atoms with Gasteiger partial charge in [-0.25, -0.2) is 13.2 Å². The van der Waals surface area contributed by atoms with E-state index in [2.05, 4.69) is 5.32 Å². The van der Waals surface area contributed by atoms with E-state index in [9.17, 15) is 18.0 Å². The number of carbonyl (C=O) groups is 2. The van der Waals surface area contributed by atoms with Crippen LogP contribution in [0.5, 0.6) is 0 Å². The van der Waals surface area contributed by atoms with Crippen molar-refractivity contribution in [3.8, 4) is 0 Å². The number of anilines is 1. The van der Waals surface area contributed by atoms with Crippen molar-refractivity contribution < 1.29 is 22.7 Å². The number of esters is 1. The summed E-state index contributed by atoms with van der Waals surface area (Å²) in [4.78, 5) is 24.6. The summed E-state index contributed by atoms with van der Waals surface area (Å²) < 4.78 is 33.0. The predicted octanol–water partition coefficient (Wildman–Crippen LogP) is 1.85. The summed E-state index contributed by atoms with van der Waals surface area (Å²) in [6, 6.07) is 7.80. The van der Waals surface area contributed by atoms with E-state index in [1.54, 1.807) is 25.2 Å². The van der Waals surface area contributed by atoms with Gasteiger partial charge < -0.3 is 14.6 Å². The van der Waals surface area contributed by atoms with Gasteiger partial charge in [-0.1, -0.05) is 12.1 Å². The summed E-state index contributed by atoms with van der Waals surface area (Å²) in [5.41, 5.74) is 0.680. The molecule has 0 spiro atoms. The topological polar surface area (TPSA) is 97.7 Å². The number of benzene rings is 1. The Morgan fingerprint density at radius 2 is 1.81 bits per heavy atom. The number of carbonyl (C=O) groups excluding carboxylic acids is 2. The number of nitrogens with zero attached hydrogens (tertiary/aromatic N) is 2. The third kappa shape index (κ3) is 3.74. The van der Waals surface area contributed by atoms with Gasteiger partial charge in [0.25, 0.3) is 5.91 Å². The summed E-state index contributed by atoms with van der Waals surface area (Å²) in [6.07, 6.45) is 3.10. The van der Waals surface area contributed by atoms with Crippen molar-refractivity contribution in [3.05, 3.63) is 47.8 Å². The maximum absolute atomic E-state index is 12.7. The summed E-state index contributed by atoms with van der Waals surface area (Å²) >= 11 is 0. The minimum absolute atomic E-state index is 0.0818. The minimum atomic E-state index is -3.61. The van der Waals surface area contributed by atoms with Gasteiger partial charge >= 0.3 is 5.97 Å². The molecule has 9 heteroatoms. The molecule has 27 heavy (non-hydrogen) atoms. The van der Waals surface area contributed by atoms with Crippen LogP contribution in [0.2, 0.25) is 0 Å². The molecule has 3 rings (SSSR count). The van der Waals surface area contributed by atoms with Crippen molar-refractivity contribution in [1.29, 1.82) is 0 Å². The first-order valence-electron chi connectivity index (χ1n) is 8.50. The highest BCUT2D eigenvalue weighted by Crippen LogP contribution is 2.23. The first-order chi connectivity index (χ1) is 12.8. The van der Waals surface area contributed by atoms with Crippen molar-refractivity contribution in [2.45, 2.75) is 17.7 Å². The number of rotatable bonds is 5. The quantitative estimate of drug-likeness (QED) is 0.785. The number of nitrogens with one attached hydrogen (secondary N) is 1. The fourth-order valence-electron chi connectivity index (χ4n) is 3.04. The van der Waals surface area contributed by atoms with Crippen molar-refractivity contribution in [1.82, 2.24) is 8.87 Å². The number of methoxy groups -OCH3 is 1. The zero-order chi connectivity index (χ0) is 19.6. The smallest absolute Gasteiger partial charge is 0.339 e. The van der Waals surface area contributed by atoms with Crippen LogP contribution >= 0.6 is 0 Å². The van der Waals surface area contributed by atoms with Crippen LogP contribution in [-0.4, -0.2) is 49.4 Å². The van der Waals surface area contributed by atoms with Crippen molar-refractivity contribution in [3.63, 3.8) is 0 Å². The van der Waals surface area contributed by atoms with E-state index in [4.69, 9.17) is 4.74 Å². The van der Waals surface area contributed by atoms with E-state index in [0.717, 1.165) is 12.8 Å². The summed E-state index contributed by atoms with van der Waals surface area (Å²) in [7, 11) is -0.755. The number of sulfonamides is 1. The van der Waals surface area contributed by atoms with Crippen LogP contribution in [0.1, 0.15) is 33.7 Å². The molecule has 0 saturated carbocycles. The van der Waals surface area contributed by atoms with E-state index < -0.39 is 21.9 Å². The number of hydrogen-bond donors (Lipinski definition) is 1. The number of aromatic nitrogens is 1. The Hall–Kier alpha value is -2.65. The van der Waals surface area contributed by atoms with Gasteiger partial charge in [0.15, 0.2) is 0 Å². The lowest BCUT2D eigenvalue weighted by Gasteiger charge is -2.13. The Kier molecular flexibility index (Phi) is 5.33. The molecule has 1 N–H and O–H groups in total. The number of amides is 1.